The topological polar surface area (TPSA) is 105 Å². The van der Waals surface area contributed by atoms with Gasteiger partial charge < -0.3 is 20.5 Å². The summed E-state index contributed by atoms with van der Waals surface area (Å²) in [6, 6.07) is 11.4. The molecule has 2 aromatic rings. The molecule has 8 heteroatoms. The van der Waals surface area contributed by atoms with E-state index in [4.69, 9.17) is 21.4 Å². The maximum absolute atomic E-state index is 12.4. The van der Waals surface area contributed by atoms with Crippen molar-refractivity contribution in [2.75, 3.05) is 19.0 Å². The van der Waals surface area contributed by atoms with E-state index in [0.717, 1.165) is 0 Å². The predicted molar refractivity (Wildman–Crippen MR) is 96.7 cm³/mol. The van der Waals surface area contributed by atoms with Gasteiger partial charge in [-0.15, -0.1) is 0 Å². The number of methoxy groups -OCH3 is 1. The van der Waals surface area contributed by atoms with Gasteiger partial charge in [-0.3, -0.25) is 14.4 Å². The summed E-state index contributed by atoms with van der Waals surface area (Å²) in [6.45, 7) is -0.421. The molecule has 3 N–H and O–H groups in total. The van der Waals surface area contributed by atoms with Crippen molar-refractivity contribution in [1.82, 2.24) is 5.32 Å². The first kappa shape index (κ1) is 19.3. The Kier molecular flexibility index (Phi) is 6.57. The predicted octanol–water partition coefficient (Wildman–Crippen LogP) is 2.34. The summed E-state index contributed by atoms with van der Waals surface area (Å²) in [5.41, 5.74) is 1.57. The lowest BCUT2D eigenvalue weighted by Crippen LogP contribution is -2.30. The number of amides is 2. The molecule has 0 radical (unpaired) electrons. The molecule has 2 rings (SSSR count). The van der Waals surface area contributed by atoms with Crippen LogP contribution in [0.25, 0.3) is 0 Å². The number of hydrogen-bond donors (Lipinski definition) is 3. The van der Waals surface area contributed by atoms with E-state index >= 15 is 0 Å². The maximum Gasteiger partial charge on any atom is 0.322 e. The van der Waals surface area contributed by atoms with E-state index in [1.54, 1.807) is 42.5 Å². The lowest BCUT2D eigenvalue weighted by atomic mass is 10.1. The van der Waals surface area contributed by atoms with Crippen LogP contribution >= 0.6 is 11.6 Å². The number of anilines is 1. The third kappa shape index (κ3) is 5.49. The Hall–Kier alpha value is -3.06. The fourth-order valence-corrected chi connectivity index (χ4v) is 2.34. The Morgan fingerprint density at radius 2 is 1.81 bits per heavy atom. The monoisotopic (exact) mass is 376 g/mol. The van der Waals surface area contributed by atoms with Crippen LogP contribution in [0.2, 0.25) is 5.02 Å². The van der Waals surface area contributed by atoms with Gasteiger partial charge in [-0.1, -0.05) is 23.7 Å². The second kappa shape index (κ2) is 8.87. The number of halogens is 1. The smallest absolute Gasteiger partial charge is 0.322 e. The zero-order valence-corrected chi connectivity index (χ0v) is 14.7. The minimum absolute atomic E-state index is 0.0481. The highest BCUT2D eigenvalue weighted by molar-refractivity contribution is 6.31. The molecule has 2 amide bonds. The molecule has 0 unspecified atom stereocenters. The van der Waals surface area contributed by atoms with Gasteiger partial charge in [0.15, 0.2) is 0 Å². The molecular weight excluding hydrogens is 360 g/mol. The average molecular weight is 377 g/mol. The van der Waals surface area contributed by atoms with Gasteiger partial charge in [0.25, 0.3) is 5.91 Å². The normalized spacial score (nSPS) is 10.1. The van der Waals surface area contributed by atoms with Crippen LogP contribution in [0.1, 0.15) is 15.9 Å². The van der Waals surface area contributed by atoms with Crippen molar-refractivity contribution in [2.24, 2.45) is 0 Å². The summed E-state index contributed by atoms with van der Waals surface area (Å²) in [7, 11) is 1.45. The molecule has 0 spiro atoms. The van der Waals surface area contributed by atoms with Crippen molar-refractivity contribution in [3.63, 3.8) is 0 Å². The molecule has 0 bridgehead atoms. The highest BCUT2D eigenvalue weighted by Crippen LogP contribution is 2.24. The van der Waals surface area contributed by atoms with Crippen molar-refractivity contribution in [1.29, 1.82) is 0 Å². The van der Waals surface area contributed by atoms with Crippen LogP contribution in [-0.2, 0) is 16.0 Å². The van der Waals surface area contributed by atoms with Gasteiger partial charge in [0.1, 0.15) is 12.3 Å². The second-order valence-corrected chi connectivity index (χ2v) is 5.78. The number of carbonyl (C=O) groups excluding carboxylic acids is 2. The molecule has 0 fully saturated rings. The molecular formula is C18H17ClN2O5. The summed E-state index contributed by atoms with van der Waals surface area (Å²) in [4.78, 5) is 34.4. The van der Waals surface area contributed by atoms with Crippen molar-refractivity contribution in [3.05, 3.63) is 58.6 Å². The summed E-state index contributed by atoms with van der Waals surface area (Å²) in [5, 5.41) is 14.0. The molecule has 0 saturated heterocycles. The van der Waals surface area contributed by atoms with Gasteiger partial charge >= 0.3 is 5.97 Å². The Balaban J connectivity index is 1.99. The first-order valence-electron chi connectivity index (χ1n) is 7.61. The largest absolute Gasteiger partial charge is 0.496 e. The molecule has 0 aliphatic carbocycles. The standard InChI is InChI=1S/C18H17ClN2O5/c1-26-15-9-12(19)4-7-14(15)18(25)21-13-5-2-11(3-6-13)8-16(22)20-10-17(23)24/h2-7,9H,8,10H2,1H3,(H,20,22)(H,21,25)(H,23,24). The first-order chi connectivity index (χ1) is 12.4. The third-order valence-corrected chi connectivity index (χ3v) is 3.66. The Labute approximate surface area is 154 Å². The van der Waals surface area contributed by atoms with Crippen molar-refractivity contribution < 1.29 is 24.2 Å². The Morgan fingerprint density at radius 1 is 1.12 bits per heavy atom. The molecule has 2 aromatic carbocycles. The van der Waals surface area contributed by atoms with Gasteiger partial charge in [-0.2, -0.15) is 0 Å². The number of aliphatic carboxylic acids is 1. The molecule has 7 nitrogen and oxygen atoms in total. The van der Waals surface area contributed by atoms with Crippen LogP contribution in [0, 0.1) is 0 Å². The minimum Gasteiger partial charge on any atom is -0.496 e. The maximum atomic E-state index is 12.4. The highest BCUT2D eigenvalue weighted by Gasteiger charge is 2.13. The molecule has 0 aromatic heterocycles. The molecule has 0 saturated carbocycles. The Morgan fingerprint density at radius 3 is 2.42 bits per heavy atom. The zero-order chi connectivity index (χ0) is 19.1. The quantitative estimate of drug-likeness (QED) is 0.688. The molecule has 0 atom stereocenters. The van der Waals surface area contributed by atoms with E-state index in [-0.39, 0.29) is 12.3 Å². The van der Waals surface area contributed by atoms with Gasteiger partial charge in [0.05, 0.1) is 19.1 Å². The lowest BCUT2D eigenvalue weighted by Gasteiger charge is -2.10. The van der Waals surface area contributed by atoms with E-state index in [1.165, 1.54) is 7.11 Å². The highest BCUT2D eigenvalue weighted by atomic mass is 35.5. The summed E-state index contributed by atoms with van der Waals surface area (Å²) in [6.07, 6.45) is 0.0481. The summed E-state index contributed by atoms with van der Waals surface area (Å²) in [5.74, 6) is -1.49. The molecule has 26 heavy (non-hydrogen) atoms. The van der Waals surface area contributed by atoms with Gasteiger partial charge in [0.2, 0.25) is 5.91 Å². The van der Waals surface area contributed by atoms with E-state index < -0.39 is 18.4 Å². The van der Waals surface area contributed by atoms with Crippen LogP contribution < -0.4 is 15.4 Å². The van der Waals surface area contributed by atoms with E-state index in [2.05, 4.69) is 10.6 Å². The summed E-state index contributed by atoms with van der Waals surface area (Å²) < 4.78 is 5.16. The van der Waals surface area contributed by atoms with Gasteiger partial charge in [-0.25, -0.2) is 0 Å². The van der Waals surface area contributed by atoms with Crippen molar-refractivity contribution in [2.45, 2.75) is 6.42 Å². The van der Waals surface area contributed by atoms with E-state index in [9.17, 15) is 14.4 Å². The minimum atomic E-state index is -1.10. The van der Waals surface area contributed by atoms with Crippen molar-refractivity contribution >= 4 is 35.1 Å². The lowest BCUT2D eigenvalue weighted by molar-refractivity contribution is -0.137. The average Bonchev–Trinajstić information content (AvgIpc) is 2.61. The third-order valence-electron chi connectivity index (χ3n) is 3.42. The zero-order valence-electron chi connectivity index (χ0n) is 13.9. The van der Waals surface area contributed by atoms with Crippen LogP contribution in [0.3, 0.4) is 0 Å². The van der Waals surface area contributed by atoms with E-state index in [0.29, 0.717) is 27.6 Å². The summed E-state index contributed by atoms with van der Waals surface area (Å²) >= 11 is 5.88. The van der Waals surface area contributed by atoms with Gasteiger partial charge in [0, 0.05) is 10.7 Å². The molecule has 0 heterocycles. The number of benzene rings is 2. The molecule has 0 aliphatic rings. The first-order valence-corrected chi connectivity index (χ1v) is 7.99. The Bertz CT molecular complexity index is 821. The van der Waals surface area contributed by atoms with Crippen LogP contribution in [0.15, 0.2) is 42.5 Å². The fourth-order valence-electron chi connectivity index (χ4n) is 2.18. The number of carbonyl (C=O) groups is 3. The SMILES string of the molecule is COc1cc(Cl)ccc1C(=O)Nc1ccc(CC(=O)NCC(=O)O)cc1. The number of ether oxygens (including phenoxy) is 1. The van der Waals surface area contributed by atoms with Crippen molar-refractivity contribution in [3.8, 4) is 5.75 Å². The number of nitrogens with one attached hydrogen (secondary N) is 2. The number of rotatable bonds is 7. The van der Waals surface area contributed by atoms with Gasteiger partial charge in [-0.05, 0) is 35.9 Å². The van der Waals surface area contributed by atoms with Crippen LogP contribution in [-0.4, -0.2) is 36.5 Å². The van der Waals surface area contributed by atoms with Crippen LogP contribution in [0.4, 0.5) is 5.69 Å². The second-order valence-electron chi connectivity index (χ2n) is 5.34. The molecule has 136 valence electrons. The number of carboxylic acids is 1. The molecule has 0 aliphatic heterocycles. The number of hydrogen-bond acceptors (Lipinski definition) is 4. The van der Waals surface area contributed by atoms with E-state index in [1.807, 2.05) is 0 Å². The van der Waals surface area contributed by atoms with Crippen LogP contribution in [0.5, 0.6) is 5.75 Å². The fraction of sp³-hybridized carbons (Fsp3) is 0.167. The number of carboxylic acid groups (broad SMARTS) is 1.